The average Bonchev–Trinajstić information content (AvgIpc) is 2.41. The molecule has 1 aromatic carbocycles. The van der Waals surface area contributed by atoms with Gasteiger partial charge in [0, 0.05) is 17.0 Å². The highest BCUT2D eigenvalue weighted by molar-refractivity contribution is 6.30. The van der Waals surface area contributed by atoms with Crippen LogP contribution in [0, 0.1) is 0 Å². The molecule has 23 heavy (non-hydrogen) atoms. The van der Waals surface area contributed by atoms with Gasteiger partial charge in [-0.05, 0) is 51.8 Å². The topological polar surface area (TPSA) is 67.4 Å². The lowest BCUT2D eigenvalue weighted by atomic mass is 9.83. The summed E-state index contributed by atoms with van der Waals surface area (Å²) in [6, 6.07) is 6.94. The summed E-state index contributed by atoms with van der Waals surface area (Å²) in [6.45, 7) is 7.31. The van der Waals surface area contributed by atoms with Gasteiger partial charge in [-0.3, -0.25) is 4.79 Å². The molecule has 126 valence electrons. The van der Waals surface area contributed by atoms with Crippen molar-refractivity contribution in [2.24, 2.45) is 0 Å². The van der Waals surface area contributed by atoms with Crippen LogP contribution in [0.2, 0.25) is 5.02 Å². The van der Waals surface area contributed by atoms with E-state index in [9.17, 15) is 9.59 Å². The lowest BCUT2D eigenvalue weighted by molar-refractivity contribution is -0.126. The number of hydrogen-bond donors (Lipinski definition) is 2. The van der Waals surface area contributed by atoms with E-state index < -0.39 is 17.7 Å². The number of halogens is 1. The van der Waals surface area contributed by atoms with Gasteiger partial charge in [-0.2, -0.15) is 0 Å². The van der Waals surface area contributed by atoms with Crippen LogP contribution in [0.15, 0.2) is 24.3 Å². The first-order chi connectivity index (χ1) is 10.7. The Morgan fingerprint density at radius 1 is 1.30 bits per heavy atom. The Balaban J connectivity index is 2.08. The maximum Gasteiger partial charge on any atom is 0.408 e. The van der Waals surface area contributed by atoms with Crippen LogP contribution in [0.1, 0.15) is 45.6 Å². The highest BCUT2D eigenvalue weighted by Gasteiger charge is 2.35. The maximum absolute atomic E-state index is 12.1. The van der Waals surface area contributed by atoms with Crippen LogP contribution < -0.4 is 10.6 Å². The van der Waals surface area contributed by atoms with Crippen molar-refractivity contribution in [3.63, 3.8) is 0 Å². The molecule has 5 nitrogen and oxygen atoms in total. The van der Waals surface area contributed by atoms with Crippen molar-refractivity contribution >= 4 is 23.6 Å². The summed E-state index contributed by atoms with van der Waals surface area (Å²) in [5.74, 6) is -0.0847. The van der Waals surface area contributed by atoms with Crippen molar-refractivity contribution in [1.29, 1.82) is 0 Å². The zero-order valence-electron chi connectivity index (χ0n) is 13.9. The first-order valence-electron chi connectivity index (χ1n) is 7.71. The van der Waals surface area contributed by atoms with Gasteiger partial charge in [-0.1, -0.05) is 23.7 Å². The third-order valence-corrected chi connectivity index (χ3v) is 4.02. The molecule has 2 rings (SSSR count). The minimum atomic E-state index is -0.610. The number of rotatable bonds is 2. The van der Waals surface area contributed by atoms with Gasteiger partial charge in [0.1, 0.15) is 11.6 Å². The third kappa shape index (κ3) is 4.86. The quantitative estimate of drug-likeness (QED) is 0.870. The van der Waals surface area contributed by atoms with Gasteiger partial charge in [0.25, 0.3) is 0 Å². The number of benzene rings is 1. The van der Waals surface area contributed by atoms with Gasteiger partial charge >= 0.3 is 6.09 Å². The highest BCUT2D eigenvalue weighted by atomic mass is 35.5. The van der Waals surface area contributed by atoms with Crippen molar-refractivity contribution in [3.8, 4) is 0 Å². The molecule has 1 aliphatic rings. The molecule has 6 heteroatoms. The van der Waals surface area contributed by atoms with E-state index in [1.807, 2.05) is 31.2 Å². The van der Waals surface area contributed by atoms with Gasteiger partial charge in [-0.25, -0.2) is 4.79 Å². The van der Waals surface area contributed by atoms with Crippen LogP contribution in [0.3, 0.4) is 0 Å². The molecule has 1 fully saturated rings. The number of amides is 2. The fraction of sp³-hybridized carbons (Fsp3) is 0.529. The van der Waals surface area contributed by atoms with Crippen LogP contribution >= 0.6 is 11.6 Å². The molecule has 0 aliphatic carbocycles. The normalized spacial score (nSPS) is 24.7. The summed E-state index contributed by atoms with van der Waals surface area (Å²) >= 11 is 5.93. The number of alkyl carbamates (subject to hydrolysis) is 1. The Kier molecular flexibility index (Phi) is 5.19. The molecule has 3 atom stereocenters. The minimum absolute atomic E-state index is 0.0136. The Labute approximate surface area is 141 Å². The van der Waals surface area contributed by atoms with E-state index in [-0.39, 0.29) is 17.9 Å². The highest BCUT2D eigenvalue weighted by Crippen LogP contribution is 2.29. The van der Waals surface area contributed by atoms with Crippen LogP contribution in [-0.2, 0) is 9.53 Å². The van der Waals surface area contributed by atoms with E-state index in [0.29, 0.717) is 11.4 Å². The number of carbonyl (C=O) groups excluding carboxylic acids is 2. The molecule has 0 saturated carbocycles. The first-order valence-corrected chi connectivity index (χ1v) is 8.09. The zero-order chi connectivity index (χ0) is 17.2. The second-order valence-corrected chi connectivity index (χ2v) is 7.33. The summed E-state index contributed by atoms with van der Waals surface area (Å²) in [4.78, 5) is 24.0. The smallest absolute Gasteiger partial charge is 0.408 e. The van der Waals surface area contributed by atoms with Crippen molar-refractivity contribution in [2.75, 3.05) is 0 Å². The first kappa shape index (κ1) is 17.6. The maximum atomic E-state index is 12.1. The number of ether oxygens (including phenoxy) is 1. The Bertz CT molecular complexity index is 580. The lowest BCUT2D eigenvalue weighted by Gasteiger charge is -2.35. The molecule has 0 spiro atoms. The van der Waals surface area contributed by atoms with Gasteiger partial charge in [0.05, 0.1) is 0 Å². The number of nitrogens with one attached hydrogen (secondary N) is 2. The van der Waals surface area contributed by atoms with E-state index >= 15 is 0 Å². The molecule has 1 aromatic rings. The predicted molar refractivity (Wildman–Crippen MR) is 89.6 cm³/mol. The van der Waals surface area contributed by atoms with Gasteiger partial charge in [0.15, 0.2) is 0 Å². The van der Waals surface area contributed by atoms with Crippen molar-refractivity contribution < 1.29 is 14.3 Å². The second-order valence-electron chi connectivity index (χ2n) is 6.89. The molecule has 1 aliphatic heterocycles. The van der Waals surface area contributed by atoms with Crippen LogP contribution in [0.4, 0.5) is 4.79 Å². The van der Waals surface area contributed by atoms with Gasteiger partial charge < -0.3 is 15.4 Å². The molecule has 0 aromatic heterocycles. The largest absolute Gasteiger partial charge is 0.444 e. The third-order valence-electron chi connectivity index (χ3n) is 3.77. The zero-order valence-corrected chi connectivity index (χ0v) is 14.6. The van der Waals surface area contributed by atoms with E-state index in [1.165, 1.54) is 0 Å². The Hall–Kier alpha value is -1.75. The predicted octanol–water partition coefficient (Wildman–Crippen LogP) is 3.23. The number of piperidine rings is 1. The molecule has 0 bridgehead atoms. The van der Waals surface area contributed by atoms with Crippen molar-refractivity contribution in [1.82, 2.24) is 10.6 Å². The number of carbonyl (C=O) groups is 2. The Morgan fingerprint density at radius 3 is 2.48 bits per heavy atom. The summed E-state index contributed by atoms with van der Waals surface area (Å²) < 4.78 is 5.22. The van der Waals surface area contributed by atoms with E-state index in [1.54, 1.807) is 20.8 Å². The van der Waals surface area contributed by atoms with Crippen molar-refractivity contribution in [3.05, 3.63) is 34.9 Å². The standard InChI is InChI=1S/C17H23ClN2O3/c1-10-13(11-5-7-12(18)8-6-11)9-14(15(21)19-10)20-16(22)23-17(2,3)4/h5-8,10,13-14H,9H2,1-4H3,(H,19,21)(H,20,22). The molecule has 3 unspecified atom stereocenters. The minimum Gasteiger partial charge on any atom is -0.444 e. The summed E-state index contributed by atoms with van der Waals surface area (Å²) in [6.07, 6.45) is -0.0597. The molecule has 2 amide bonds. The molecule has 0 radical (unpaired) electrons. The average molecular weight is 339 g/mol. The molecular weight excluding hydrogens is 316 g/mol. The fourth-order valence-electron chi connectivity index (χ4n) is 2.70. The molecule has 1 heterocycles. The van der Waals surface area contributed by atoms with E-state index in [4.69, 9.17) is 16.3 Å². The second kappa shape index (κ2) is 6.79. The van der Waals surface area contributed by atoms with E-state index in [2.05, 4.69) is 10.6 Å². The number of hydrogen-bond acceptors (Lipinski definition) is 3. The van der Waals surface area contributed by atoms with Gasteiger partial charge in [0.2, 0.25) is 5.91 Å². The lowest BCUT2D eigenvalue weighted by Crippen LogP contribution is -2.56. The monoisotopic (exact) mass is 338 g/mol. The van der Waals surface area contributed by atoms with Crippen molar-refractivity contribution in [2.45, 2.75) is 57.7 Å². The van der Waals surface area contributed by atoms with E-state index in [0.717, 1.165) is 5.56 Å². The SMILES string of the molecule is CC1NC(=O)C(NC(=O)OC(C)(C)C)CC1c1ccc(Cl)cc1. The van der Waals surface area contributed by atoms with Gasteiger partial charge in [-0.15, -0.1) is 0 Å². The molecular formula is C17H23ClN2O3. The summed E-state index contributed by atoms with van der Waals surface area (Å²) in [5.41, 5.74) is 0.482. The fourth-order valence-corrected chi connectivity index (χ4v) is 2.83. The van der Waals surface area contributed by atoms with Crippen LogP contribution in [-0.4, -0.2) is 29.7 Å². The van der Waals surface area contributed by atoms with Crippen LogP contribution in [0.5, 0.6) is 0 Å². The summed E-state index contributed by atoms with van der Waals surface area (Å²) in [5, 5.41) is 6.25. The molecule has 1 saturated heterocycles. The molecule has 2 N–H and O–H groups in total. The van der Waals surface area contributed by atoms with Crippen LogP contribution in [0.25, 0.3) is 0 Å². The Morgan fingerprint density at radius 2 is 1.91 bits per heavy atom. The summed E-state index contributed by atoms with van der Waals surface area (Å²) in [7, 11) is 0.